The molecular formula is C21H17FN2O4. The van der Waals surface area contributed by atoms with Crippen LogP contribution in [-0.4, -0.2) is 11.0 Å². The van der Waals surface area contributed by atoms with Crippen LogP contribution in [-0.2, 0) is 6.54 Å². The van der Waals surface area contributed by atoms with Crippen molar-refractivity contribution in [2.45, 2.75) is 13.5 Å². The van der Waals surface area contributed by atoms with E-state index in [1.807, 2.05) is 30.3 Å². The van der Waals surface area contributed by atoms with Crippen molar-refractivity contribution in [2.24, 2.45) is 0 Å². The summed E-state index contributed by atoms with van der Waals surface area (Å²) in [6, 6.07) is 18.8. The Morgan fingerprint density at radius 3 is 2.36 bits per heavy atom. The van der Waals surface area contributed by atoms with Crippen LogP contribution in [0.1, 0.15) is 11.1 Å². The van der Waals surface area contributed by atoms with Crippen LogP contribution in [0.3, 0.4) is 0 Å². The Kier molecular flexibility index (Phi) is 5.64. The lowest BCUT2D eigenvalue weighted by Crippen LogP contribution is -2.33. The van der Waals surface area contributed by atoms with E-state index in [0.29, 0.717) is 0 Å². The first-order valence-corrected chi connectivity index (χ1v) is 8.48. The SMILES string of the molecule is Cc1ccc(N(Cc2ccccc2)C(=O)Oc2ccc([N+](=O)[O-])cc2)c(F)c1. The number of non-ortho nitro benzene ring substituents is 1. The number of nitrogens with zero attached hydrogens (tertiary/aromatic N) is 2. The van der Waals surface area contributed by atoms with E-state index in [0.717, 1.165) is 11.1 Å². The third kappa shape index (κ3) is 4.50. The highest BCUT2D eigenvalue weighted by atomic mass is 19.1. The normalized spacial score (nSPS) is 10.4. The zero-order valence-electron chi connectivity index (χ0n) is 15.0. The summed E-state index contributed by atoms with van der Waals surface area (Å²) in [7, 11) is 0. The predicted molar refractivity (Wildman–Crippen MR) is 103 cm³/mol. The Labute approximate surface area is 160 Å². The summed E-state index contributed by atoms with van der Waals surface area (Å²) in [5.41, 5.74) is 1.49. The van der Waals surface area contributed by atoms with E-state index in [1.54, 1.807) is 13.0 Å². The second kappa shape index (κ2) is 8.30. The number of carbonyl (C=O) groups is 1. The van der Waals surface area contributed by atoms with Crippen LogP contribution >= 0.6 is 0 Å². The van der Waals surface area contributed by atoms with Gasteiger partial charge >= 0.3 is 6.09 Å². The lowest BCUT2D eigenvalue weighted by atomic mass is 10.1. The zero-order chi connectivity index (χ0) is 20.1. The number of nitro groups is 1. The molecule has 0 N–H and O–H groups in total. The van der Waals surface area contributed by atoms with E-state index in [2.05, 4.69) is 0 Å². The molecule has 3 aromatic rings. The van der Waals surface area contributed by atoms with Gasteiger partial charge in [-0.25, -0.2) is 9.18 Å². The van der Waals surface area contributed by atoms with Gasteiger partial charge in [-0.05, 0) is 42.3 Å². The van der Waals surface area contributed by atoms with Crippen molar-refractivity contribution in [3.63, 3.8) is 0 Å². The number of carbonyl (C=O) groups excluding carboxylic acids is 1. The molecule has 0 unspecified atom stereocenters. The summed E-state index contributed by atoms with van der Waals surface area (Å²) >= 11 is 0. The van der Waals surface area contributed by atoms with Crippen LogP contribution in [0.4, 0.5) is 20.6 Å². The number of benzene rings is 3. The second-order valence-electron chi connectivity index (χ2n) is 6.15. The molecule has 0 radical (unpaired) electrons. The van der Waals surface area contributed by atoms with Crippen molar-refractivity contribution in [1.82, 2.24) is 0 Å². The van der Waals surface area contributed by atoms with Gasteiger partial charge < -0.3 is 4.74 Å². The number of halogens is 1. The molecule has 28 heavy (non-hydrogen) atoms. The third-order valence-corrected chi connectivity index (χ3v) is 4.05. The van der Waals surface area contributed by atoms with Gasteiger partial charge in [-0.2, -0.15) is 0 Å². The Bertz CT molecular complexity index is 991. The molecule has 6 nitrogen and oxygen atoms in total. The number of aryl methyl sites for hydroxylation is 1. The molecule has 0 spiro atoms. The molecule has 0 bridgehead atoms. The number of hydrogen-bond acceptors (Lipinski definition) is 4. The fourth-order valence-corrected chi connectivity index (χ4v) is 2.64. The quantitative estimate of drug-likeness (QED) is 0.448. The van der Waals surface area contributed by atoms with E-state index in [4.69, 9.17) is 4.74 Å². The molecule has 0 aliphatic carbocycles. The lowest BCUT2D eigenvalue weighted by molar-refractivity contribution is -0.384. The van der Waals surface area contributed by atoms with E-state index in [9.17, 15) is 19.3 Å². The minimum absolute atomic E-state index is 0.0846. The van der Waals surface area contributed by atoms with Crippen LogP contribution in [0.2, 0.25) is 0 Å². The molecular weight excluding hydrogens is 363 g/mol. The number of hydrogen-bond donors (Lipinski definition) is 0. The van der Waals surface area contributed by atoms with Gasteiger partial charge in [0.15, 0.2) is 0 Å². The molecule has 1 amide bonds. The van der Waals surface area contributed by atoms with Gasteiger partial charge in [-0.1, -0.05) is 36.4 Å². The molecule has 0 aromatic heterocycles. The molecule has 142 valence electrons. The number of amides is 1. The van der Waals surface area contributed by atoms with Crippen molar-refractivity contribution in [3.05, 3.63) is 99.9 Å². The summed E-state index contributed by atoms with van der Waals surface area (Å²) in [5, 5.41) is 10.7. The monoisotopic (exact) mass is 380 g/mol. The van der Waals surface area contributed by atoms with Gasteiger partial charge in [0.1, 0.15) is 11.6 Å². The number of anilines is 1. The summed E-state index contributed by atoms with van der Waals surface area (Å²) in [5.74, 6) is -0.419. The van der Waals surface area contributed by atoms with Crippen molar-refractivity contribution in [1.29, 1.82) is 0 Å². The van der Waals surface area contributed by atoms with Crippen molar-refractivity contribution in [3.8, 4) is 5.75 Å². The highest BCUT2D eigenvalue weighted by molar-refractivity contribution is 5.89. The van der Waals surface area contributed by atoms with Crippen molar-refractivity contribution in [2.75, 3.05) is 4.90 Å². The Morgan fingerprint density at radius 2 is 1.75 bits per heavy atom. The van der Waals surface area contributed by atoms with Crippen molar-refractivity contribution >= 4 is 17.5 Å². The highest BCUT2D eigenvalue weighted by Gasteiger charge is 2.22. The molecule has 3 aromatic carbocycles. The second-order valence-corrected chi connectivity index (χ2v) is 6.15. The van der Waals surface area contributed by atoms with E-state index >= 15 is 0 Å². The lowest BCUT2D eigenvalue weighted by Gasteiger charge is -2.23. The standard InChI is InChI=1S/C21H17FN2O4/c1-15-7-12-20(19(22)13-15)23(14-16-5-3-2-4-6-16)21(25)28-18-10-8-17(9-11-18)24(26)27/h2-13H,14H2,1H3. The summed E-state index contributed by atoms with van der Waals surface area (Å²) in [4.78, 5) is 24.2. The summed E-state index contributed by atoms with van der Waals surface area (Å²) < 4.78 is 19.8. The minimum Gasteiger partial charge on any atom is -0.410 e. The molecule has 0 heterocycles. The van der Waals surface area contributed by atoms with Crippen LogP contribution in [0.25, 0.3) is 0 Å². The average Bonchev–Trinajstić information content (AvgIpc) is 2.68. The molecule has 0 aliphatic rings. The summed E-state index contributed by atoms with van der Waals surface area (Å²) in [6.45, 7) is 1.86. The topological polar surface area (TPSA) is 72.7 Å². The number of ether oxygens (including phenoxy) is 1. The fourth-order valence-electron chi connectivity index (χ4n) is 2.64. The van der Waals surface area contributed by atoms with Crippen LogP contribution in [0.15, 0.2) is 72.8 Å². The molecule has 0 fully saturated rings. The third-order valence-electron chi connectivity index (χ3n) is 4.05. The Hall–Kier alpha value is -3.74. The largest absolute Gasteiger partial charge is 0.420 e. The molecule has 0 saturated heterocycles. The average molecular weight is 380 g/mol. The first kappa shape index (κ1) is 19.0. The number of rotatable bonds is 5. The Morgan fingerprint density at radius 1 is 1.07 bits per heavy atom. The maximum absolute atomic E-state index is 14.5. The first-order valence-electron chi connectivity index (χ1n) is 8.48. The van der Waals surface area contributed by atoms with Gasteiger partial charge in [0.2, 0.25) is 0 Å². The molecule has 7 heteroatoms. The van der Waals surface area contributed by atoms with Crippen LogP contribution in [0, 0.1) is 22.9 Å². The smallest absolute Gasteiger partial charge is 0.410 e. The van der Waals surface area contributed by atoms with Crippen LogP contribution < -0.4 is 9.64 Å². The summed E-state index contributed by atoms with van der Waals surface area (Å²) in [6.07, 6.45) is -0.791. The van der Waals surface area contributed by atoms with Crippen molar-refractivity contribution < 1.29 is 18.8 Å². The Balaban J connectivity index is 1.88. The first-order chi connectivity index (χ1) is 13.4. The maximum Gasteiger partial charge on any atom is 0.420 e. The maximum atomic E-state index is 14.5. The molecule has 0 aliphatic heterocycles. The highest BCUT2D eigenvalue weighted by Crippen LogP contribution is 2.25. The zero-order valence-corrected chi connectivity index (χ0v) is 15.0. The van der Waals surface area contributed by atoms with E-state index in [-0.39, 0.29) is 23.7 Å². The van der Waals surface area contributed by atoms with Gasteiger partial charge in [-0.3, -0.25) is 15.0 Å². The molecule has 0 saturated carbocycles. The minimum atomic E-state index is -0.791. The number of nitro benzene ring substituents is 1. The van der Waals surface area contributed by atoms with Crippen LogP contribution in [0.5, 0.6) is 5.75 Å². The van der Waals surface area contributed by atoms with E-state index in [1.165, 1.54) is 41.3 Å². The van der Waals surface area contributed by atoms with E-state index < -0.39 is 16.8 Å². The van der Waals surface area contributed by atoms with Gasteiger partial charge in [0, 0.05) is 12.1 Å². The van der Waals surface area contributed by atoms with Gasteiger partial charge in [0.05, 0.1) is 17.2 Å². The van der Waals surface area contributed by atoms with Gasteiger partial charge in [0.25, 0.3) is 5.69 Å². The fraction of sp³-hybridized carbons (Fsp3) is 0.0952. The predicted octanol–water partition coefficient (Wildman–Crippen LogP) is 5.25. The molecule has 0 atom stereocenters. The van der Waals surface area contributed by atoms with Gasteiger partial charge in [-0.15, -0.1) is 0 Å². The molecule has 3 rings (SSSR count).